The van der Waals surface area contributed by atoms with Crippen LogP contribution in [0.15, 0.2) is 53.4 Å². The lowest BCUT2D eigenvalue weighted by atomic mass is 10.1. The van der Waals surface area contributed by atoms with Gasteiger partial charge in [-0.2, -0.15) is 0 Å². The lowest BCUT2D eigenvalue weighted by Crippen LogP contribution is -2.34. The van der Waals surface area contributed by atoms with Gasteiger partial charge >= 0.3 is 5.97 Å². The Morgan fingerprint density at radius 1 is 1.17 bits per heavy atom. The molecule has 2 unspecified atom stereocenters. The Bertz CT molecular complexity index is 917. The lowest BCUT2D eigenvalue weighted by Gasteiger charge is -2.23. The summed E-state index contributed by atoms with van der Waals surface area (Å²) >= 11 is 1.31. The van der Waals surface area contributed by atoms with Gasteiger partial charge in [0, 0.05) is 10.5 Å². The molecule has 0 bridgehead atoms. The topological polar surface area (TPSA) is 93.7 Å². The Morgan fingerprint density at radius 3 is 2.69 bits per heavy atom. The van der Waals surface area contributed by atoms with E-state index in [0.717, 1.165) is 16.1 Å². The first-order chi connectivity index (χ1) is 14.0. The summed E-state index contributed by atoms with van der Waals surface area (Å²) in [5, 5.41) is 4.96. The molecular formula is C21H22N2O5S. The van der Waals surface area contributed by atoms with Gasteiger partial charge in [0.2, 0.25) is 5.91 Å². The van der Waals surface area contributed by atoms with Crippen LogP contribution in [0.3, 0.4) is 0 Å². The van der Waals surface area contributed by atoms with Gasteiger partial charge in [0.05, 0.1) is 30.5 Å². The highest BCUT2D eigenvalue weighted by Gasteiger charge is 2.29. The Morgan fingerprint density at radius 2 is 1.90 bits per heavy atom. The molecule has 0 saturated heterocycles. The molecule has 0 radical (unpaired) electrons. The fourth-order valence-electron chi connectivity index (χ4n) is 2.97. The van der Waals surface area contributed by atoms with Crippen LogP contribution in [0.25, 0.3) is 0 Å². The van der Waals surface area contributed by atoms with Crippen LogP contribution in [-0.2, 0) is 19.1 Å². The molecule has 0 fully saturated rings. The minimum Gasteiger partial charge on any atom is -0.496 e. The quantitative estimate of drug-likeness (QED) is 0.677. The molecule has 2 aromatic carbocycles. The van der Waals surface area contributed by atoms with Crippen molar-refractivity contribution in [2.75, 3.05) is 19.0 Å². The van der Waals surface area contributed by atoms with Crippen molar-refractivity contribution in [2.24, 2.45) is 0 Å². The van der Waals surface area contributed by atoms with Crippen LogP contribution in [0.4, 0.5) is 5.69 Å². The molecular weight excluding hydrogens is 392 g/mol. The molecule has 2 N–H and O–H groups in total. The third-order valence-electron chi connectivity index (χ3n) is 4.41. The predicted molar refractivity (Wildman–Crippen MR) is 110 cm³/mol. The summed E-state index contributed by atoms with van der Waals surface area (Å²) < 4.78 is 10.3. The number of amides is 2. The minimum atomic E-state index is -0.600. The van der Waals surface area contributed by atoms with Gasteiger partial charge < -0.3 is 20.1 Å². The Kier molecular flexibility index (Phi) is 6.77. The summed E-state index contributed by atoms with van der Waals surface area (Å²) in [6, 6.07) is 14.4. The van der Waals surface area contributed by atoms with Crippen LogP contribution in [0.2, 0.25) is 0 Å². The molecule has 29 heavy (non-hydrogen) atoms. The van der Waals surface area contributed by atoms with Crippen molar-refractivity contribution in [1.29, 1.82) is 0 Å². The number of para-hydroxylation sites is 2. The van der Waals surface area contributed by atoms with E-state index in [1.165, 1.54) is 11.8 Å². The minimum absolute atomic E-state index is 0.111. The SMILES string of the molecule is COc1ccccc1C(C)NC(=O)COC(=O)CC1Sc2ccccc2NC1=O. The van der Waals surface area contributed by atoms with Crippen molar-refractivity contribution in [1.82, 2.24) is 5.32 Å². The average Bonchev–Trinajstić information content (AvgIpc) is 2.72. The molecule has 8 heteroatoms. The number of ether oxygens (including phenoxy) is 2. The number of carbonyl (C=O) groups is 3. The highest BCUT2D eigenvalue weighted by molar-refractivity contribution is 8.01. The Balaban J connectivity index is 1.48. The molecule has 2 aromatic rings. The number of fused-ring (bicyclic) bond motifs is 1. The number of anilines is 1. The lowest BCUT2D eigenvalue weighted by molar-refractivity contribution is -0.149. The van der Waals surface area contributed by atoms with Gasteiger partial charge in [-0.1, -0.05) is 30.3 Å². The van der Waals surface area contributed by atoms with Crippen LogP contribution in [-0.4, -0.2) is 36.8 Å². The fourth-order valence-corrected chi connectivity index (χ4v) is 4.06. The molecule has 1 aliphatic rings. The number of rotatable bonds is 7. The smallest absolute Gasteiger partial charge is 0.307 e. The third-order valence-corrected chi connectivity index (χ3v) is 5.68. The molecule has 2 atom stereocenters. The standard InChI is InChI=1S/C21H22N2O5S/c1-13(14-7-3-5-9-16(14)27-2)22-19(24)12-28-20(25)11-18-21(26)23-15-8-4-6-10-17(15)29-18/h3-10,13,18H,11-12H2,1-2H3,(H,22,24)(H,23,26). The van der Waals surface area contributed by atoms with E-state index in [1.54, 1.807) is 7.11 Å². The maximum Gasteiger partial charge on any atom is 0.307 e. The molecule has 1 heterocycles. The summed E-state index contributed by atoms with van der Waals surface area (Å²) in [6.07, 6.45) is -0.111. The first-order valence-corrected chi connectivity index (χ1v) is 10.0. The van der Waals surface area contributed by atoms with Crippen LogP contribution in [0.1, 0.15) is 24.9 Å². The van der Waals surface area contributed by atoms with Crippen molar-refractivity contribution in [3.63, 3.8) is 0 Å². The second kappa shape index (κ2) is 9.47. The second-order valence-corrected chi connectivity index (χ2v) is 7.73. The molecule has 152 valence electrons. The van der Waals surface area contributed by atoms with E-state index in [1.807, 2.05) is 55.5 Å². The summed E-state index contributed by atoms with van der Waals surface area (Å²) in [6.45, 7) is 1.41. The van der Waals surface area contributed by atoms with Crippen LogP contribution in [0, 0.1) is 0 Å². The molecule has 0 spiro atoms. The maximum absolute atomic E-state index is 12.2. The summed E-state index contributed by atoms with van der Waals surface area (Å²) in [5.74, 6) is -0.613. The molecule has 3 rings (SSSR count). The predicted octanol–water partition coefficient (Wildman–Crippen LogP) is 2.92. The van der Waals surface area contributed by atoms with E-state index in [-0.39, 0.29) is 18.4 Å². The van der Waals surface area contributed by atoms with Crippen molar-refractivity contribution in [3.05, 3.63) is 54.1 Å². The molecule has 7 nitrogen and oxygen atoms in total. The Hall–Kier alpha value is -3.00. The molecule has 0 aromatic heterocycles. The normalized spacial score (nSPS) is 16.2. The monoisotopic (exact) mass is 414 g/mol. The number of nitrogens with one attached hydrogen (secondary N) is 2. The van der Waals surface area contributed by atoms with Crippen molar-refractivity contribution in [2.45, 2.75) is 29.5 Å². The van der Waals surface area contributed by atoms with Gasteiger partial charge in [0.1, 0.15) is 5.75 Å². The van der Waals surface area contributed by atoms with Gasteiger partial charge in [-0.05, 0) is 25.1 Å². The van der Waals surface area contributed by atoms with Gasteiger partial charge in [0.25, 0.3) is 5.91 Å². The zero-order valence-corrected chi connectivity index (χ0v) is 17.0. The second-order valence-electron chi connectivity index (χ2n) is 6.49. The highest BCUT2D eigenvalue weighted by Crippen LogP contribution is 2.36. The maximum atomic E-state index is 12.2. The van der Waals surface area contributed by atoms with E-state index < -0.39 is 23.7 Å². The van der Waals surface area contributed by atoms with Crippen LogP contribution >= 0.6 is 11.8 Å². The van der Waals surface area contributed by atoms with E-state index in [4.69, 9.17) is 9.47 Å². The average molecular weight is 414 g/mol. The third kappa shape index (κ3) is 5.29. The highest BCUT2D eigenvalue weighted by atomic mass is 32.2. The van der Waals surface area contributed by atoms with E-state index in [2.05, 4.69) is 10.6 Å². The van der Waals surface area contributed by atoms with E-state index in [9.17, 15) is 14.4 Å². The molecule has 1 aliphatic heterocycles. The summed E-state index contributed by atoms with van der Waals surface area (Å²) in [7, 11) is 1.56. The Labute approximate surface area is 173 Å². The fraction of sp³-hybridized carbons (Fsp3) is 0.286. The number of benzene rings is 2. The van der Waals surface area contributed by atoms with Crippen LogP contribution in [0.5, 0.6) is 5.75 Å². The number of hydrogen-bond donors (Lipinski definition) is 2. The van der Waals surface area contributed by atoms with Gasteiger partial charge in [0.15, 0.2) is 6.61 Å². The summed E-state index contributed by atoms with van der Waals surface area (Å²) in [4.78, 5) is 37.3. The molecule has 2 amide bonds. The number of methoxy groups -OCH3 is 1. The summed E-state index contributed by atoms with van der Waals surface area (Å²) in [5.41, 5.74) is 1.56. The van der Waals surface area contributed by atoms with Gasteiger partial charge in [-0.3, -0.25) is 14.4 Å². The largest absolute Gasteiger partial charge is 0.496 e. The van der Waals surface area contributed by atoms with E-state index in [0.29, 0.717) is 5.75 Å². The van der Waals surface area contributed by atoms with Gasteiger partial charge in [-0.15, -0.1) is 11.8 Å². The van der Waals surface area contributed by atoms with Crippen LogP contribution < -0.4 is 15.4 Å². The zero-order chi connectivity index (χ0) is 20.8. The molecule has 0 saturated carbocycles. The van der Waals surface area contributed by atoms with Crippen molar-refractivity contribution < 1.29 is 23.9 Å². The number of thioether (sulfide) groups is 1. The first kappa shape index (κ1) is 20.7. The number of hydrogen-bond acceptors (Lipinski definition) is 6. The van der Waals surface area contributed by atoms with Crippen molar-refractivity contribution >= 4 is 35.2 Å². The zero-order valence-electron chi connectivity index (χ0n) is 16.1. The van der Waals surface area contributed by atoms with Crippen molar-refractivity contribution in [3.8, 4) is 5.75 Å². The first-order valence-electron chi connectivity index (χ1n) is 9.12. The number of esters is 1. The molecule has 0 aliphatic carbocycles. The number of carbonyl (C=O) groups excluding carboxylic acids is 3. The van der Waals surface area contributed by atoms with E-state index >= 15 is 0 Å². The van der Waals surface area contributed by atoms with Gasteiger partial charge in [-0.25, -0.2) is 0 Å².